The molecule has 0 amide bonds. The fraction of sp³-hybridized carbons (Fsp3) is 0.700. The van der Waals surface area contributed by atoms with Gasteiger partial charge in [-0.15, -0.1) is 0 Å². The number of hydrogen-bond donors (Lipinski definition) is 2. The first kappa shape index (κ1) is 17.7. The van der Waals surface area contributed by atoms with E-state index in [1.54, 1.807) is 7.11 Å². The minimum atomic E-state index is -0.557. The number of methoxy groups -OCH3 is 1. The molecule has 0 spiro atoms. The maximum atomic E-state index is 11.4. The molecule has 1 saturated carbocycles. The highest BCUT2D eigenvalue weighted by Crippen LogP contribution is 2.42. The van der Waals surface area contributed by atoms with E-state index >= 15 is 0 Å². The van der Waals surface area contributed by atoms with Crippen LogP contribution < -0.4 is 10.1 Å². The topological polar surface area (TPSA) is 44.7 Å². The van der Waals surface area contributed by atoms with Crippen LogP contribution in [-0.4, -0.2) is 55.4 Å². The van der Waals surface area contributed by atoms with E-state index in [0.29, 0.717) is 0 Å². The molecule has 0 aromatic heterocycles. The van der Waals surface area contributed by atoms with Gasteiger partial charge in [0.1, 0.15) is 5.75 Å². The SMILES string of the molecule is COc1cccc(C(CCN2CCNCC2)C2(O)CCCCC2)c1. The number of hydrogen-bond acceptors (Lipinski definition) is 4. The molecular weight excluding hydrogens is 300 g/mol. The molecule has 1 aromatic rings. The van der Waals surface area contributed by atoms with Crippen molar-refractivity contribution in [3.8, 4) is 5.75 Å². The Morgan fingerprint density at radius 3 is 2.67 bits per heavy atom. The van der Waals surface area contributed by atoms with Gasteiger partial charge in [-0.25, -0.2) is 0 Å². The highest BCUT2D eigenvalue weighted by molar-refractivity contribution is 5.32. The predicted molar refractivity (Wildman–Crippen MR) is 97.7 cm³/mol. The third-order valence-electron chi connectivity index (χ3n) is 5.81. The Bertz CT molecular complexity index is 508. The molecule has 1 unspecified atom stereocenters. The number of ether oxygens (including phenoxy) is 1. The molecule has 1 heterocycles. The van der Waals surface area contributed by atoms with Crippen LogP contribution in [0.2, 0.25) is 0 Å². The Kier molecular flexibility index (Phi) is 6.14. The average molecular weight is 332 g/mol. The van der Waals surface area contributed by atoms with E-state index in [1.807, 2.05) is 6.07 Å². The second-order valence-corrected chi connectivity index (χ2v) is 7.37. The van der Waals surface area contributed by atoms with Gasteiger partial charge in [-0.2, -0.15) is 0 Å². The molecule has 1 saturated heterocycles. The third-order valence-corrected chi connectivity index (χ3v) is 5.81. The van der Waals surface area contributed by atoms with Crippen molar-refractivity contribution in [2.24, 2.45) is 0 Å². The van der Waals surface area contributed by atoms with Crippen molar-refractivity contribution >= 4 is 0 Å². The van der Waals surface area contributed by atoms with E-state index in [2.05, 4.69) is 28.4 Å². The highest BCUT2D eigenvalue weighted by Gasteiger charge is 2.38. The van der Waals surface area contributed by atoms with E-state index in [9.17, 15) is 5.11 Å². The first-order chi connectivity index (χ1) is 11.7. The molecule has 0 radical (unpaired) electrons. The van der Waals surface area contributed by atoms with Crippen molar-refractivity contribution in [3.63, 3.8) is 0 Å². The van der Waals surface area contributed by atoms with Crippen LogP contribution >= 0.6 is 0 Å². The van der Waals surface area contributed by atoms with Gasteiger partial charge in [-0.3, -0.25) is 0 Å². The average Bonchev–Trinajstić information content (AvgIpc) is 2.63. The van der Waals surface area contributed by atoms with E-state index < -0.39 is 5.60 Å². The van der Waals surface area contributed by atoms with E-state index in [4.69, 9.17) is 4.74 Å². The summed E-state index contributed by atoms with van der Waals surface area (Å²) in [5, 5.41) is 14.8. The lowest BCUT2D eigenvalue weighted by atomic mass is 9.71. The lowest BCUT2D eigenvalue weighted by Crippen LogP contribution is -2.45. The number of piperazine rings is 1. The van der Waals surface area contributed by atoms with Crippen molar-refractivity contribution < 1.29 is 9.84 Å². The molecule has 4 heteroatoms. The molecule has 1 aliphatic heterocycles. The summed E-state index contributed by atoms with van der Waals surface area (Å²) in [4.78, 5) is 2.52. The third kappa shape index (κ3) is 4.29. The van der Waals surface area contributed by atoms with Crippen LogP contribution in [0, 0.1) is 0 Å². The Balaban J connectivity index is 1.76. The van der Waals surface area contributed by atoms with Gasteiger partial charge in [0.2, 0.25) is 0 Å². The predicted octanol–water partition coefficient (Wildman–Crippen LogP) is 2.77. The standard InChI is InChI=1S/C20H32N2O2/c1-24-18-7-5-6-17(16-18)19(20(23)9-3-2-4-10-20)8-13-22-14-11-21-12-15-22/h5-7,16,19,21,23H,2-4,8-15H2,1H3. The molecule has 1 aliphatic carbocycles. The summed E-state index contributed by atoms with van der Waals surface area (Å²) in [6.45, 7) is 5.45. The van der Waals surface area contributed by atoms with Gasteiger partial charge >= 0.3 is 0 Å². The summed E-state index contributed by atoms with van der Waals surface area (Å²) < 4.78 is 5.42. The molecule has 4 nitrogen and oxygen atoms in total. The number of aliphatic hydroxyl groups is 1. The van der Waals surface area contributed by atoms with Crippen LogP contribution in [0.3, 0.4) is 0 Å². The number of benzene rings is 1. The van der Waals surface area contributed by atoms with E-state index in [-0.39, 0.29) is 5.92 Å². The van der Waals surface area contributed by atoms with Crippen molar-refractivity contribution in [1.82, 2.24) is 10.2 Å². The van der Waals surface area contributed by atoms with E-state index in [0.717, 1.165) is 70.6 Å². The molecule has 1 aromatic carbocycles. The van der Waals surface area contributed by atoms with Gasteiger partial charge in [-0.05, 0) is 43.5 Å². The van der Waals surface area contributed by atoms with Crippen LogP contribution in [-0.2, 0) is 0 Å². The number of rotatable bonds is 6. The van der Waals surface area contributed by atoms with Crippen LogP contribution in [0.15, 0.2) is 24.3 Å². The Hall–Kier alpha value is -1.10. The Labute approximate surface area is 146 Å². The van der Waals surface area contributed by atoms with Gasteiger partial charge < -0.3 is 20.1 Å². The first-order valence-corrected chi connectivity index (χ1v) is 9.51. The zero-order valence-electron chi connectivity index (χ0n) is 15.0. The van der Waals surface area contributed by atoms with Crippen LogP contribution in [0.25, 0.3) is 0 Å². The molecule has 2 fully saturated rings. The summed E-state index contributed by atoms with van der Waals surface area (Å²) in [6.07, 6.45) is 6.41. The van der Waals surface area contributed by atoms with Crippen molar-refractivity contribution in [2.75, 3.05) is 39.8 Å². The second kappa shape index (κ2) is 8.32. The van der Waals surface area contributed by atoms with Gasteiger partial charge in [0, 0.05) is 32.1 Å². The zero-order chi connectivity index (χ0) is 16.8. The quantitative estimate of drug-likeness (QED) is 0.841. The smallest absolute Gasteiger partial charge is 0.119 e. The first-order valence-electron chi connectivity index (χ1n) is 9.51. The molecule has 2 N–H and O–H groups in total. The fourth-order valence-corrected chi connectivity index (χ4v) is 4.36. The fourth-order valence-electron chi connectivity index (χ4n) is 4.36. The Morgan fingerprint density at radius 1 is 1.21 bits per heavy atom. The number of nitrogens with zero attached hydrogens (tertiary/aromatic N) is 1. The number of nitrogens with one attached hydrogen (secondary N) is 1. The molecule has 3 rings (SSSR count). The van der Waals surface area contributed by atoms with Crippen LogP contribution in [0.4, 0.5) is 0 Å². The van der Waals surface area contributed by atoms with Crippen LogP contribution in [0.1, 0.15) is 50.0 Å². The van der Waals surface area contributed by atoms with Crippen molar-refractivity contribution in [1.29, 1.82) is 0 Å². The molecule has 134 valence electrons. The lowest BCUT2D eigenvalue weighted by Gasteiger charge is -2.41. The minimum Gasteiger partial charge on any atom is -0.497 e. The summed E-state index contributed by atoms with van der Waals surface area (Å²) in [5.41, 5.74) is 0.674. The Morgan fingerprint density at radius 2 is 1.96 bits per heavy atom. The van der Waals surface area contributed by atoms with Gasteiger partial charge in [0.05, 0.1) is 12.7 Å². The summed E-state index contributed by atoms with van der Waals surface area (Å²) in [5.74, 6) is 1.09. The maximum absolute atomic E-state index is 11.4. The van der Waals surface area contributed by atoms with Crippen molar-refractivity contribution in [3.05, 3.63) is 29.8 Å². The normalized spacial score (nSPS) is 22.9. The molecule has 0 bridgehead atoms. The second-order valence-electron chi connectivity index (χ2n) is 7.37. The monoisotopic (exact) mass is 332 g/mol. The molecule has 24 heavy (non-hydrogen) atoms. The van der Waals surface area contributed by atoms with Gasteiger partial charge in [0.15, 0.2) is 0 Å². The van der Waals surface area contributed by atoms with E-state index in [1.165, 1.54) is 12.0 Å². The summed E-state index contributed by atoms with van der Waals surface area (Å²) in [7, 11) is 1.71. The molecule has 2 aliphatic rings. The van der Waals surface area contributed by atoms with Crippen LogP contribution in [0.5, 0.6) is 5.75 Å². The summed E-state index contributed by atoms with van der Waals surface area (Å²) >= 11 is 0. The molecular formula is C20H32N2O2. The zero-order valence-corrected chi connectivity index (χ0v) is 15.0. The lowest BCUT2D eigenvalue weighted by molar-refractivity contribution is -0.0265. The largest absolute Gasteiger partial charge is 0.497 e. The highest BCUT2D eigenvalue weighted by atomic mass is 16.5. The van der Waals surface area contributed by atoms with Gasteiger partial charge in [-0.1, -0.05) is 31.4 Å². The molecule has 1 atom stereocenters. The van der Waals surface area contributed by atoms with Crippen molar-refractivity contribution in [2.45, 2.75) is 50.0 Å². The minimum absolute atomic E-state index is 0.197. The van der Waals surface area contributed by atoms with Gasteiger partial charge in [0.25, 0.3) is 0 Å². The summed E-state index contributed by atoms with van der Waals surface area (Å²) in [6, 6.07) is 8.33. The maximum Gasteiger partial charge on any atom is 0.119 e.